The normalized spacial score (nSPS) is 10.5. The van der Waals surface area contributed by atoms with E-state index in [0.29, 0.717) is 27.8 Å². The van der Waals surface area contributed by atoms with E-state index in [-0.39, 0.29) is 5.82 Å². The molecule has 88 valence electrons. The highest BCUT2D eigenvalue weighted by molar-refractivity contribution is 7.98. The zero-order valence-corrected chi connectivity index (χ0v) is 10.4. The Morgan fingerprint density at radius 1 is 1.24 bits per heavy atom. The van der Waals surface area contributed by atoms with Gasteiger partial charge >= 0.3 is 0 Å². The lowest BCUT2D eigenvalue weighted by Crippen LogP contribution is -1.97. The van der Waals surface area contributed by atoms with E-state index in [9.17, 15) is 4.39 Å². The molecule has 3 nitrogen and oxygen atoms in total. The van der Waals surface area contributed by atoms with Gasteiger partial charge < -0.3 is 5.73 Å². The van der Waals surface area contributed by atoms with E-state index in [2.05, 4.69) is 9.97 Å². The summed E-state index contributed by atoms with van der Waals surface area (Å²) in [6.07, 6.45) is 1.87. The molecule has 0 saturated heterocycles. The molecule has 2 N–H and O–H groups in total. The highest BCUT2D eigenvalue weighted by atomic mass is 32.2. The standard InChI is InChI=1S/C12H12FN3S/c1-7-3-4-8(5-9(7)13)10-6-11(14)16-12(15-10)17-2/h3-6H,1-2H3,(H2,14,15,16). The summed E-state index contributed by atoms with van der Waals surface area (Å²) in [7, 11) is 0. The second kappa shape index (κ2) is 4.71. The number of aryl methyl sites for hydroxylation is 1. The van der Waals surface area contributed by atoms with Gasteiger partial charge in [-0.25, -0.2) is 14.4 Å². The van der Waals surface area contributed by atoms with Crippen LogP contribution in [0.1, 0.15) is 5.56 Å². The monoisotopic (exact) mass is 249 g/mol. The van der Waals surface area contributed by atoms with Crippen LogP contribution in [-0.4, -0.2) is 16.2 Å². The summed E-state index contributed by atoms with van der Waals surface area (Å²) >= 11 is 1.40. The van der Waals surface area contributed by atoms with Gasteiger partial charge in [0.2, 0.25) is 0 Å². The number of aromatic nitrogens is 2. The number of nitrogen functional groups attached to an aromatic ring is 1. The van der Waals surface area contributed by atoms with Crippen LogP contribution in [0.25, 0.3) is 11.3 Å². The summed E-state index contributed by atoms with van der Waals surface area (Å²) in [5, 5.41) is 0.584. The molecule has 0 radical (unpaired) electrons. The Kier molecular flexibility index (Phi) is 3.28. The number of thioether (sulfide) groups is 1. The van der Waals surface area contributed by atoms with Gasteiger partial charge in [-0.3, -0.25) is 0 Å². The summed E-state index contributed by atoms with van der Waals surface area (Å²) in [5.74, 6) is 0.144. The molecule has 5 heteroatoms. The van der Waals surface area contributed by atoms with Crippen molar-refractivity contribution < 1.29 is 4.39 Å². The lowest BCUT2D eigenvalue weighted by molar-refractivity contribution is 0.619. The molecule has 0 unspecified atom stereocenters. The molecular formula is C12H12FN3S. The molecule has 1 aromatic heterocycles. The van der Waals surface area contributed by atoms with E-state index in [1.54, 1.807) is 19.1 Å². The minimum atomic E-state index is -0.245. The molecule has 0 atom stereocenters. The maximum absolute atomic E-state index is 13.5. The predicted octanol–water partition coefficient (Wildman–Crippen LogP) is 2.90. The van der Waals surface area contributed by atoms with Crippen molar-refractivity contribution in [2.75, 3.05) is 12.0 Å². The van der Waals surface area contributed by atoms with Crippen molar-refractivity contribution in [2.24, 2.45) is 0 Å². The van der Waals surface area contributed by atoms with Crippen LogP contribution in [0.5, 0.6) is 0 Å². The lowest BCUT2D eigenvalue weighted by atomic mass is 10.1. The first-order chi connectivity index (χ1) is 8.10. The molecular weight excluding hydrogens is 237 g/mol. The average Bonchev–Trinajstić information content (AvgIpc) is 2.32. The van der Waals surface area contributed by atoms with Crippen LogP contribution in [0.2, 0.25) is 0 Å². The fourth-order valence-corrected chi connectivity index (χ4v) is 1.82. The van der Waals surface area contributed by atoms with Crippen molar-refractivity contribution in [2.45, 2.75) is 12.1 Å². The Balaban J connectivity index is 2.52. The van der Waals surface area contributed by atoms with Crippen molar-refractivity contribution in [1.82, 2.24) is 9.97 Å². The molecule has 0 aliphatic heterocycles. The topological polar surface area (TPSA) is 51.8 Å². The highest BCUT2D eigenvalue weighted by Gasteiger charge is 2.06. The second-order valence-corrected chi connectivity index (χ2v) is 4.40. The SMILES string of the molecule is CSc1nc(N)cc(-c2ccc(C)c(F)c2)n1. The van der Waals surface area contributed by atoms with Gasteiger partial charge in [-0.2, -0.15) is 0 Å². The summed E-state index contributed by atoms with van der Waals surface area (Å²) < 4.78 is 13.5. The number of nitrogens with zero attached hydrogens (tertiary/aromatic N) is 2. The maximum atomic E-state index is 13.5. The maximum Gasteiger partial charge on any atom is 0.189 e. The molecule has 0 saturated carbocycles. The molecule has 0 spiro atoms. The van der Waals surface area contributed by atoms with Crippen molar-refractivity contribution in [1.29, 1.82) is 0 Å². The van der Waals surface area contributed by atoms with Gasteiger partial charge in [0.15, 0.2) is 5.16 Å². The molecule has 2 rings (SSSR count). The van der Waals surface area contributed by atoms with Gasteiger partial charge in [0.25, 0.3) is 0 Å². The first-order valence-corrected chi connectivity index (χ1v) is 6.27. The van der Waals surface area contributed by atoms with Crippen LogP contribution in [0, 0.1) is 12.7 Å². The highest BCUT2D eigenvalue weighted by Crippen LogP contribution is 2.23. The lowest BCUT2D eigenvalue weighted by Gasteiger charge is -2.05. The number of anilines is 1. The van der Waals surface area contributed by atoms with E-state index in [1.807, 2.05) is 12.3 Å². The van der Waals surface area contributed by atoms with Gasteiger partial charge in [0.1, 0.15) is 11.6 Å². The van der Waals surface area contributed by atoms with Gasteiger partial charge in [-0.1, -0.05) is 23.9 Å². The van der Waals surface area contributed by atoms with Crippen molar-refractivity contribution in [3.8, 4) is 11.3 Å². The molecule has 1 heterocycles. The van der Waals surface area contributed by atoms with Gasteiger partial charge in [-0.05, 0) is 24.8 Å². The fourth-order valence-electron chi connectivity index (χ4n) is 1.43. The van der Waals surface area contributed by atoms with Gasteiger partial charge in [0.05, 0.1) is 5.69 Å². The van der Waals surface area contributed by atoms with E-state index in [1.165, 1.54) is 17.8 Å². The minimum absolute atomic E-state index is 0.245. The molecule has 0 fully saturated rings. The van der Waals surface area contributed by atoms with E-state index < -0.39 is 0 Å². The predicted molar refractivity (Wildman–Crippen MR) is 68.4 cm³/mol. The quantitative estimate of drug-likeness (QED) is 0.656. The number of benzene rings is 1. The Labute approximate surface area is 103 Å². The Bertz CT molecular complexity index is 557. The number of hydrogen-bond acceptors (Lipinski definition) is 4. The van der Waals surface area contributed by atoms with Gasteiger partial charge in [-0.15, -0.1) is 0 Å². The van der Waals surface area contributed by atoms with Crippen LogP contribution in [0.4, 0.5) is 10.2 Å². The molecule has 1 aromatic carbocycles. The molecule has 0 bridgehead atoms. The van der Waals surface area contributed by atoms with E-state index >= 15 is 0 Å². The third kappa shape index (κ3) is 2.55. The zero-order chi connectivity index (χ0) is 12.4. The summed E-state index contributed by atoms with van der Waals surface area (Å²) in [5.41, 5.74) is 7.64. The van der Waals surface area contributed by atoms with E-state index in [4.69, 9.17) is 5.73 Å². The third-order valence-corrected chi connectivity index (χ3v) is 2.92. The largest absolute Gasteiger partial charge is 0.384 e. The second-order valence-electron chi connectivity index (χ2n) is 3.63. The Morgan fingerprint density at radius 3 is 2.65 bits per heavy atom. The molecule has 0 aliphatic rings. The molecule has 17 heavy (non-hydrogen) atoms. The Morgan fingerprint density at radius 2 is 2.00 bits per heavy atom. The number of hydrogen-bond donors (Lipinski definition) is 1. The number of nitrogens with two attached hydrogens (primary N) is 1. The van der Waals surface area contributed by atoms with Crippen molar-refractivity contribution in [3.05, 3.63) is 35.6 Å². The van der Waals surface area contributed by atoms with Crippen LogP contribution in [-0.2, 0) is 0 Å². The third-order valence-electron chi connectivity index (χ3n) is 2.38. The van der Waals surface area contributed by atoms with Gasteiger partial charge in [0, 0.05) is 11.6 Å². The summed E-state index contributed by atoms with van der Waals surface area (Å²) in [6.45, 7) is 1.72. The molecule has 0 amide bonds. The number of rotatable bonds is 2. The zero-order valence-electron chi connectivity index (χ0n) is 9.57. The van der Waals surface area contributed by atoms with E-state index in [0.717, 1.165) is 0 Å². The first-order valence-electron chi connectivity index (χ1n) is 5.05. The minimum Gasteiger partial charge on any atom is -0.384 e. The van der Waals surface area contributed by atoms with Crippen LogP contribution < -0.4 is 5.73 Å². The van der Waals surface area contributed by atoms with Crippen LogP contribution in [0.3, 0.4) is 0 Å². The van der Waals surface area contributed by atoms with Crippen LogP contribution >= 0.6 is 11.8 Å². The molecule has 2 aromatic rings. The summed E-state index contributed by atoms with van der Waals surface area (Å²) in [6, 6.07) is 6.65. The number of halogens is 1. The smallest absolute Gasteiger partial charge is 0.189 e. The van der Waals surface area contributed by atoms with Crippen molar-refractivity contribution >= 4 is 17.6 Å². The first kappa shape index (κ1) is 11.9. The van der Waals surface area contributed by atoms with Crippen molar-refractivity contribution in [3.63, 3.8) is 0 Å². The average molecular weight is 249 g/mol. The Hall–Kier alpha value is -1.62. The van der Waals surface area contributed by atoms with Crippen LogP contribution in [0.15, 0.2) is 29.4 Å². The fraction of sp³-hybridized carbons (Fsp3) is 0.167. The molecule has 0 aliphatic carbocycles. The summed E-state index contributed by atoms with van der Waals surface area (Å²) in [4.78, 5) is 8.35.